The molecule has 1 aliphatic rings. The molecule has 0 saturated carbocycles. The van der Waals surface area contributed by atoms with E-state index in [9.17, 15) is 4.79 Å². The van der Waals surface area contributed by atoms with E-state index in [4.69, 9.17) is 5.73 Å². The highest BCUT2D eigenvalue weighted by molar-refractivity contribution is 7.99. The van der Waals surface area contributed by atoms with Crippen molar-refractivity contribution in [3.05, 3.63) is 0 Å². The molecular weight excluding hydrogens is 136 g/mol. The van der Waals surface area contributed by atoms with E-state index in [0.29, 0.717) is 0 Å². The van der Waals surface area contributed by atoms with Gasteiger partial charge in [-0.25, -0.2) is 4.79 Å². The molecule has 0 aromatic heterocycles. The molecule has 1 fully saturated rings. The van der Waals surface area contributed by atoms with E-state index < -0.39 is 0 Å². The van der Waals surface area contributed by atoms with Crippen LogP contribution < -0.4 is 5.73 Å². The van der Waals surface area contributed by atoms with Crippen LogP contribution in [0, 0.1) is 0 Å². The summed E-state index contributed by atoms with van der Waals surface area (Å²) in [5, 5.41) is 0. The Morgan fingerprint density at radius 1 is 1.67 bits per heavy atom. The summed E-state index contributed by atoms with van der Waals surface area (Å²) in [7, 11) is 0. The number of nitrogens with zero attached hydrogens (tertiary/aromatic N) is 1. The standard InChI is InChI=1S/C5H10N2OS/c6-5(8)7-2-1-3-9-4-7/h1-4H2,(H2,6,8). The van der Waals surface area contributed by atoms with E-state index in [1.165, 1.54) is 0 Å². The highest BCUT2D eigenvalue weighted by Gasteiger charge is 2.12. The van der Waals surface area contributed by atoms with Gasteiger partial charge in [0.15, 0.2) is 0 Å². The molecule has 3 nitrogen and oxygen atoms in total. The van der Waals surface area contributed by atoms with Crippen molar-refractivity contribution >= 4 is 17.8 Å². The van der Waals surface area contributed by atoms with Crippen molar-refractivity contribution in [1.29, 1.82) is 0 Å². The smallest absolute Gasteiger partial charge is 0.315 e. The summed E-state index contributed by atoms with van der Waals surface area (Å²) in [6, 6.07) is -0.290. The van der Waals surface area contributed by atoms with E-state index in [-0.39, 0.29) is 6.03 Å². The van der Waals surface area contributed by atoms with Crippen LogP contribution in [0.3, 0.4) is 0 Å². The van der Waals surface area contributed by atoms with Gasteiger partial charge >= 0.3 is 6.03 Å². The van der Waals surface area contributed by atoms with Gasteiger partial charge in [0.25, 0.3) is 0 Å². The van der Waals surface area contributed by atoms with Crippen molar-refractivity contribution in [3.63, 3.8) is 0 Å². The number of amides is 2. The van der Waals surface area contributed by atoms with Gasteiger partial charge in [-0.05, 0) is 12.2 Å². The zero-order valence-corrected chi connectivity index (χ0v) is 5.99. The molecule has 0 aromatic carbocycles. The lowest BCUT2D eigenvalue weighted by Crippen LogP contribution is -2.38. The van der Waals surface area contributed by atoms with Gasteiger partial charge in [0.2, 0.25) is 0 Å². The Kier molecular flexibility index (Phi) is 2.22. The molecule has 1 aliphatic heterocycles. The lowest BCUT2D eigenvalue weighted by molar-refractivity contribution is 0.215. The Labute approximate surface area is 58.6 Å². The lowest BCUT2D eigenvalue weighted by atomic mass is 10.4. The summed E-state index contributed by atoms with van der Waals surface area (Å²) in [5.74, 6) is 1.93. The van der Waals surface area contributed by atoms with Crippen molar-refractivity contribution < 1.29 is 4.79 Å². The van der Waals surface area contributed by atoms with Gasteiger partial charge in [0, 0.05) is 6.54 Å². The van der Waals surface area contributed by atoms with Crippen LogP contribution in [0.1, 0.15) is 6.42 Å². The summed E-state index contributed by atoms with van der Waals surface area (Å²) in [5.41, 5.74) is 5.04. The Balaban J connectivity index is 2.31. The minimum atomic E-state index is -0.290. The summed E-state index contributed by atoms with van der Waals surface area (Å²) in [4.78, 5) is 12.2. The van der Waals surface area contributed by atoms with Crippen molar-refractivity contribution in [2.45, 2.75) is 6.42 Å². The first-order valence-corrected chi connectivity index (χ1v) is 4.08. The molecule has 0 radical (unpaired) electrons. The molecule has 1 heterocycles. The maximum Gasteiger partial charge on any atom is 0.315 e. The van der Waals surface area contributed by atoms with E-state index in [0.717, 1.165) is 24.6 Å². The number of thioether (sulfide) groups is 1. The van der Waals surface area contributed by atoms with Gasteiger partial charge in [-0.1, -0.05) is 0 Å². The van der Waals surface area contributed by atoms with Crippen LogP contribution in [0.25, 0.3) is 0 Å². The quantitative estimate of drug-likeness (QED) is 0.539. The predicted molar refractivity (Wildman–Crippen MR) is 38.2 cm³/mol. The van der Waals surface area contributed by atoms with E-state index >= 15 is 0 Å². The normalized spacial score (nSPS) is 19.8. The third-order valence-electron chi connectivity index (χ3n) is 1.28. The average Bonchev–Trinajstić information content (AvgIpc) is 1.90. The lowest BCUT2D eigenvalue weighted by Gasteiger charge is -2.23. The van der Waals surface area contributed by atoms with Crippen LogP contribution >= 0.6 is 11.8 Å². The predicted octanol–water partition coefficient (Wildman–Crippen LogP) is 0.462. The molecule has 0 aliphatic carbocycles. The fourth-order valence-corrected chi connectivity index (χ4v) is 1.71. The number of primary amides is 1. The molecule has 0 unspecified atom stereocenters. The Bertz CT molecular complexity index is 112. The minimum Gasteiger partial charge on any atom is -0.351 e. The van der Waals surface area contributed by atoms with Crippen molar-refractivity contribution in [2.24, 2.45) is 5.73 Å². The molecule has 2 N–H and O–H groups in total. The molecule has 1 rings (SSSR count). The molecule has 9 heavy (non-hydrogen) atoms. The maximum atomic E-state index is 10.5. The number of rotatable bonds is 0. The van der Waals surface area contributed by atoms with Crippen LogP contribution in [0.2, 0.25) is 0 Å². The fraction of sp³-hybridized carbons (Fsp3) is 0.800. The zero-order valence-electron chi connectivity index (χ0n) is 5.17. The van der Waals surface area contributed by atoms with Gasteiger partial charge < -0.3 is 10.6 Å². The highest BCUT2D eigenvalue weighted by atomic mass is 32.2. The van der Waals surface area contributed by atoms with Crippen LogP contribution in [0.4, 0.5) is 4.79 Å². The summed E-state index contributed by atoms with van der Waals surface area (Å²) >= 11 is 1.76. The molecule has 0 atom stereocenters. The fourth-order valence-electron chi connectivity index (χ4n) is 0.771. The van der Waals surface area contributed by atoms with E-state index in [2.05, 4.69) is 0 Å². The molecule has 0 bridgehead atoms. The van der Waals surface area contributed by atoms with Crippen molar-refractivity contribution in [2.75, 3.05) is 18.2 Å². The third kappa shape index (κ3) is 1.78. The number of nitrogens with two attached hydrogens (primary N) is 1. The first-order chi connectivity index (χ1) is 4.30. The van der Waals surface area contributed by atoms with Gasteiger partial charge in [-0.2, -0.15) is 0 Å². The molecular formula is C5H10N2OS. The van der Waals surface area contributed by atoms with E-state index in [1.807, 2.05) is 0 Å². The van der Waals surface area contributed by atoms with Gasteiger partial charge in [0.1, 0.15) is 0 Å². The average molecular weight is 146 g/mol. The van der Waals surface area contributed by atoms with Crippen molar-refractivity contribution in [3.8, 4) is 0 Å². The number of hydrogen-bond acceptors (Lipinski definition) is 2. The highest BCUT2D eigenvalue weighted by Crippen LogP contribution is 2.12. The third-order valence-corrected chi connectivity index (χ3v) is 2.35. The number of carbonyl (C=O) groups excluding carboxylic acids is 1. The van der Waals surface area contributed by atoms with E-state index in [1.54, 1.807) is 16.7 Å². The monoisotopic (exact) mass is 146 g/mol. The second-order valence-corrected chi connectivity index (χ2v) is 3.07. The van der Waals surface area contributed by atoms with Gasteiger partial charge in [-0.15, -0.1) is 11.8 Å². The number of urea groups is 1. The minimum absolute atomic E-state index is 0.290. The van der Waals surface area contributed by atoms with Crippen LogP contribution in [0.5, 0.6) is 0 Å². The van der Waals surface area contributed by atoms with Crippen LogP contribution in [0.15, 0.2) is 0 Å². The Morgan fingerprint density at radius 3 is 2.78 bits per heavy atom. The second kappa shape index (κ2) is 2.96. The van der Waals surface area contributed by atoms with Gasteiger partial charge in [-0.3, -0.25) is 0 Å². The molecule has 52 valence electrons. The SMILES string of the molecule is NC(=O)N1CCCSC1. The Morgan fingerprint density at radius 2 is 2.44 bits per heavy atom. The zero-order chi connectivity index (χ0) is 6.69. The molecule has 2 amide bonds. The summed E-state index contributed by atoms with van der Waals surface area (Å²) in [6.07, 6.45) is 1.08. The maximum absolute atomic E-state index is 10.5. The molecule has 0 spiro atoms. The van der Waals surface area contributed by atoms with Crippen LogP contribution in [-0.4, -0.2) is 29.1 Å². The number of carbonyl (C=O) groups is 1. The van der Waals surface area contributed by atoms with Crippen molar-refractivity contribution in [1.82, 2.24) is 4.90 Å². The molecule has 1 saturated heterocycles. The molecule has 4 heteroatoms. The first-order valence-electron chi connectivity index (χ1n) is 2.93. The van der Waals surface area contributed by atoms with Gasteiger partial charge in [0.05, 0.1) is 5.88 Å². The summed E-state index contributed by atoms with van der Waals surface area (Å²) in [6.45, 7) is 0.836. The second-order valence-electron chi connectivity index (χ2n) is 1.99. The number of hydrogen-bond donors (Lipinski definition) is 1. The summed E-state index contributed by atoms with van der Waals surface area (Å²) < 4.78 is 0. The first kappa shape index (κ1) is 6.74. The molecule has 0 aromatic rings. The largest absolute Gasteiger partial charge is 0.351 e. The topological polar surface area (TPSA) is 46.3 Å². The Hall–Kier alpha value is -0.380. The van der Waals surface area contributed by atoms with Crippen LogP contribution in [-0.2, 0) is 0 Å².